The van der Waals surface area contributed by atoms with E-state index in [-0.39, 0.29) is 15.6 Å². The average Bonchev–Trinajstić information content (AvgIpc) is 2.88. The molecular formula is C11H15NO6S2. The third-order valence-corrected chi connectivity index (χ3v) is 5.78. The molecule has 0 aliphatic heterocycles. The van der Waals surface area contributed by atoms with Crippen molar-refractivity contribution in [2.45, 2.75) is 17.6 Å². The van der Waals surface area contributed by atoms with Crippen molar-refractivity contribution < 1.29 is 27.9 Å². The summed E-state index contributed by atoms with van der Waals surface area (Å²) in [5.74, 6) is -1.86. The highest BCUT2D eigenvalue weighted by atomic mass is 32.2. The molecule has 20 heavy (non-hydrogen) atoms. The number of esters is 1. The van der Waals surface area contributed by atoms with Crippen LogP contribution in [0.1, 0.15) is 23.0 Å². The van der Waals surface area contributed by atoms with Gasteiger partial charge in [-0.05, 0) is 18.6 Å². The molecule has 0 bridgehead atoms. The van der Waals surface area contributed by atoms with Crippen LogP contribution in [-0.2, 0) is 19.6 Å². The first-order valence-corrected chi connectivity index (χ1v) is 7.98. The van der Waals surface area contributed by atoms with Gasteiger partial charge in [-0.3, -0.25) is 4.79 Å². The van der Waals surface area contributed by atoms with Crippen LogP contribution in [-0.4, -0.2) is 50.0 Å². The highest BCUT2D eigenvalue weighted by Gasteiger charge is 2.28. The molecule has 0 spiro atoms. The second-order valence-electron chi connectivity index (χ2n) is 3.84. The molecule has 0 aromatic carbocycles. The summed E-state index contributed by atoms with van der Waals surface area (Å²) in [4.78, 5) is 22.0. The van der Waals surface area contributed by atoms with E-state index in [1.165, 1.54) is 19.2 Å². The third kappa shape index (κ3) is 3.78. The number of carbonyl (C=O) groups excluding carboxylic acids is 1. The Morgan fingerprint density at radius 1 is 1.40 bits per heavy atom. The standard InChI is InChI=1S/C11H15NO6S2/c1-3-6-12(7-9(13)18-2)20(16,17)10-5-4-8(19-10)11(14)15/h4-5H,3,6-7H2,1-2H3,(H,14,15). The zero-order chi connectivity index (χ0) is 15.3. The number of nitrogens with zero attached hydrogens (tertiary/aromatic N) is 1. The Morgan fingerprint density at radius 3 is 2.50 bits per heavy atom. The van der Waals surface area contributed by atoms with E-state index in [9.17, 15) is 18.0 Å². The molecule has 0 saturated heterocycles. The van der Waals surface area contributed by atoms with Crippen LogP contribution >= 0.6 is 11.3 Å². The number of carbonyl (C=O) groups is 2. The smallest absolute Gasteiger partial charge is 0.345 e. The fourth-order valence-electron chi connectivity index (χ4n) is 1.44. The first-order chi connectivity index (χ1) is 9.32. The van der Waals surface area contributed by atoms with E-state index in [1.807, 2.05) is 0 Å². The molecule has 0 amide bonds. The molecule has 1 N–H and O–H groups in total. The lowest BCUT2D eigenvalue weighted by Gasteiger charge is -2.19. The molecule has 0 radical (unpaired) electrons. The highest BCUT2D eigenvalue weighted by Crippen LogP contribution is 2.25. The maximum Gasteiger partial charge on any atom is 0.345 e. The van der Waals surface area contributed by atoms with Gasteiger partial charge >= 0.3 is 11.9 Å². The Hall–Kier alpha value is -1.45. The van der Waals surface area contributed by atoms with E-state index in [1.54, 1.807) is 6.92 Å². The maximum absolute atomic E-state index is 12.3. The minimum Gasteiger partial charge on any atom is -0.477 e. The van der Waals surface area contributed by atoms with Gasteiger partial charge in [0.05, 0.1) is 7.11 Å². The van der Waals surface area contributed by atoms with Crippen molar-refractivity contribution in [3.63, 3.8) is 0 Å². The fraction of sp³-hybridized carbons (Fsp3) is 0.455. The van der Waals surface area contributed by atoms with E-state index >= 15 is 0 Å². The number of hydrogen-bond donors (Lipinski definition) is 1. The molecule has 1 heterocycles. The molecule has 0 aliphatic rings. The maximum atomic E-state index is 12.3. The van der Waals surface area contributed by atoms with Gasteiger partial charge in [0.1, 0.15) is 15.6 Å². The molecule has 0 fully saturated rings. The quantitative estimate of drug-likeness (QED) is 0.752. The number of carboxylic acid groups (broad SMARTS) is 1. The molecule has 7 nitrogen and oxygen atoms in total. The van der Waals surface area contributed by atoms with Crippen LogP contribution in [0.4, 0.5) is 0 Å². The first kappa shape index (κ1) is 16.6. The summed E-state index contributed by atoms with van der Waals surface area (Å²) >= 11 is 0.656. The van der Waals surface area contributed by atoms with Crippen molar-refractivity contribution in [2.75, 3.05) is 20.2 Å². The zero-order valence-corrected chi connectivity index (χ0v) is 12.7. The van der Waals surface area contributed by atoms with Crippen LogP contribution in [0.5, 0.6) is 0 Å². The molecule has 9 heteroatoms. The minimum atomic E-state index is -3.89. The summed E-state index contributed by atoms with van der Waals surface area (Å²) < 4.78 is 30.0. The number of methoxy groups -OCH3 is 1. The number of rotatable bonds is 7. The van der Waals surface area contributed by atoms with Gasteiger partial charge in [0.15, 0.2) is 0 Å². The number of thiophene rings is 1. The second kappa shape index (κ2) is 6.82. The van der Waals surface area contributed by atoms with Crippen LogP contribution in [0.2, 0.25) is 0 Å². The van der Waals surface area contributed by atoms with Crippen molar-refractivity contribution >= 4 is 33.3 Å². The van der Waals surface area contributed by atoms with E-state index in [2.05, 4.69) is 4.74 Å². The summed E-state index contributed by atoms with van der Waals surface area (Å²) in [7, 11) is -2.72. The SMILES string of the molecule is CCCN(CC(=O)OC)S(=O)(=O)c1ccc(C(=O)O)s1. The average molecular weight is 321 g/mol. The van der Waals surface area contributed by atoms with Crippen molar-refractivity contribution in [1.82, 2.24) is 4.31 Å². The topological polar surface area (TPSA) is 101 Å². The Morgan fingerprint density at radius 2 is 2.05 bits per heavy atom. The third-order valence-electron chi connectivity index (χ3n) is 2.39. The molecule has 0 atom stereocenters. The van der Waals surface area contributed by atoms with Gasteiger partial charge in [-0.25, -0.2) is 13.2 Å². The molecule has 112 valence electrons. The Kier molecular flexibility index (Phi) is 5.66. The number of sulfonamides is 1. The molecule has 1 aromatic heterocycles. The number of carboxylic acids is 1. The van der Waals surface area contributed by atoms with Gasteiger partial charge in [0.25, 0.3) is 10.0 Å². The fourth-order valence-corrected chi connectivity index (χ4v) is 4.22. The predicted molar refractivity (Wildman–Crippen MR) is 72.3 cm³/mol. The van der Waals surface area contributed by atoms with Crippen LogP contribution in [0.15, 0.2) is 16.3 Å². The molecule has 1 rings (SSSR count). The molecule has 0 unspecified atom stereocenters. The monoisotopic (exact) mass is 321 g/mol. The van der Waals surface area contributed by atoms with E-state index < -0.39 is 28.5 Å². The summed E-state index contributed by atoms with van der Waals surface area (Å²) in [6.45, 7) is 1.53. The Bertz CT molecular complexity index is 592. The van der Waals surface area contributed by atoms with Gasteiger partial charge < -0.3 is 9.84 Å². The minimum absolute atomic E-state index is 0.0712. The summed E-state index contributed by atoms with van der Waals surface area (Å²) in [5.41, 5.74) is 0. The van der Waals surface area contributed by atoms with Gasteiger partial charge in [0.2, 0.25) is 0 Å². The van der Waals surface area contributed by atoms with Crippen molar-refractivity contribution in [1.29, 1.82) is 0 Å². The van der Waals surface area contributed by atoms with Gasteiger partial charge in [-0.15, -0.1) is 11.3 Å². The Labute approximate surface area is 120 Å². The van der Waals surface area contributed by atoms with Gasteiger partial charge in [-0.2, -0.15) is 4.31 Å². The normalized spacial score (nSPS) is 11.6. The molecule has 0 aliphatic carbocycles. The first-order valence-electron chi connectivity index (χ1n) is 5.73. The van der Waals surface area contributed by atoms with E-state index in [4.69, 9.17) is 5.11 Å². The summed E-state index contributed by atoms with van der Waals surface area (Å²) in [6, 6.07) is 2.45. The van der Waals surface area contributed by atoms with Crippen molar-refractivity contribution in [3.05, 3.63) is 17.0 Å². The predicted octanol–water partition coefficient (Wildman–Crippen LogP) is 1.02. The molecular weight excluding hydrogens is 306 g/mol. The number of ether oxygens (including phenoxy) is 1. The van der Waals surface area contributed by atoms with Gasteiger partial charge in [0, 0.05) is 6.54 Å². The lowest BCUT2D eigenvalue weighted by molar-refractivity contribution is -0.140. The summed E-state index contributed by atoms with van der Waals surface area (Å²) in [6.07, 6.45) is 0.521. The largest absolute Gasteiger partial charge is 0.477 e. The second-order valence-corrected chi connectivity index (χ2v) is 7.09. The van der Waals surface area contributed by atoms with Gasteiger partial charge in [-0.1, -0.05) is 6.92 Å². The Balaban J connectivity index is 3.08. The molecule has 1 aromatic rings. The number of hydrogen-bond acceptors (Lipinski definition) is 6. The van der Waals surface area contributed by atoms with Crippen LogP contribution in [0, 0.1) is 0 Å². The van der Waals surface area contributed by atoms with Crippen LogP contribution < -0.4 is 0 Å². The molecule has 0 saturated carbocycles. The summed E-state index contributed by atoms with van der Waals surface area (Å²) in [5, 5.41) is 8.82. The number of aromatic carboxylic acids is 1. The van der Waals surface area contributed by atoms with Crippen molar-refractivity contribution in [2.24, 2.45) is 0 Å². The van der Waals surface area contributed by atoms with E-state index in [0.29, 0.717) is 17.8 Å². The lowest BCUT2D eigenvalue weighted by atomic mass is 10.5. The van der Waals surface area contributed by atoms with E-state index in [0.717, 1.165) is 4.31 Å². The highest BCUT2D eigenvalue weighted by molar-refractivity contribution is 7.91. The zero-order valence-electron chi connectivity index (χ0n) is 11.0. The lowest BCUT2D eigenvalue weighted by Crippen LogP contribution is -2.36. The van der Waals surface area contributed by atoms with Crippen LogP contribution in [0.3, 0.4) is 0 Å². The van der Waals surface area contributed by atoms with Crippen LogP contribution in [0.25, 0.3) is 0 Å². The van der Waals surface area contributed by atoms with Crippen molar-refractivity contribution in [3.8, 4) is 0 Å².